The lowest BCUT2D eigenvalue weighted by Gasteiger charge is -2.13. The van der Waals surface area contributed by atoms with Crippen LogP contribution in [0.15, 0.2) is 48.7 Å². The van der Waals surface area contributed by atoms with Crippen LogP contribution >= 0.6 is 0 Å². The van der Waals surface area contributed by atoms with Crippen molar-refractivity contribution in [2.45, 2.75) is 20.0 Å². The highest BCUT2D eigenvalue weighted by Crippen LogP contribution is 2.25. The van der Waals surface area contributed by atoms with Crippen LogP contribution in [0.25, 0.3) is 10.9 Å². The van der Waals surface area contributed by atoms with Crippen LogP contribution in [0.3, 0.4) is 0 Å². The first kappa shape index (κ1) is 16.3. The van der Waals surface area contributed by atoms with Crippen molar-refractivity contribution in [3.8, 4) is 0 Å². The van der Waals surface area contributed by atoms with Crippen molar-refractivity contribution in [3.63, 3.8) is 0 Å². The standard InChI is InChI=1S/C20H22N2O2/c1-13-8-9-14(2)16(10-13)20(24)21-11-19(23)17-12-22(3)18-7-5-4-6-15(17)18/h4-10,12,19,23H,11H2,1-3H3,(H,21,24). The number of para-hydroxylation sites is 1. The Kier molecular flexibility index (Phi) is 4.40. The molecule has 4 heteroatoms. The number of hydrogen-bond donors (Lipinski definition) is 2. The first-order valence-corrected chi connectivity index (χ1v) is 8.05. The summed E-state index contributed by atoms with van der Waals surface area (Å²) in [4.78, 5) is 12.4. The van der Waals surface area contributed by atoms with E-state index in [2.05, 4.69) is 5.32 Å². The van der Waals surface area contributed by atoms with Gasteiger partial charge in [0.05, 0.1) is 6.10 Å². The number of aromatic nitrogens is 1. The molecule has 24 heavy (non-hydrogen) atoms. The lowest BCUT2D eigenvalue weighted by Crippen LogP contribution is -2.29. The van der Waals surface area contributed by atoms with E-state index in [0.29, 0.717) is 5.56 Å². The van der Waals surface area contributed by atoms with Crippen LogP contribution in [0, 0.1) is 13.8 Å². The van der Waals surface area contributed by atoms with Crippen LogP contribution in [0.1, 0.15) is 33.2 Å². The van der Waals surface area contributed by atoms with Gasteiger partial charge in [-0.25, -0.2) is 0 Å². The largest absolute Gasteiger partial charge is 0.386 e. The summed E-state index contributed by atoms with van der Waals surface area (Å²) in [6.45, 7) is 4.05. The zero-order valence-corrected chi connectivity index (χ0v) is 14.2. The third-order valence-electron chi connectivity index (χ3n) is 4.38. The van der Waals surface area contributed by atoms with Gasteiger partial charge in [-0.1, -0.05) is 35.9 Å². The molecule has 1 amide bonds. The molecule has 3 rings (SSSR count). The summed E-state index contributed by atoms with van der Waals surface area (Å²) in [7, 11) is 1.95. The molecule has 3 aromatic rings. The van der Waals surface area contributed by atoms with Gasteiger partial charge in [-0.3, -0.25) is 4.79 Å². The highest BCUT2D eigenvalue weighted by Gasteiger charge is 2.16. The van der Waals surface area contributed by atoms with Gasteiger partial charge in [0.2, 0.25) is 0 Å². The maximum absolute atomic E-state index is 12.4. The molecule has 0 aliphatic carbocycles. The smallest absolute Gasteiger partial charge is 0.251 e. The Morgan fingerprint density at radius 2 is 1.96 bits per heavy atom. The van der Waals surface area contributed by atoms with Gasteiger partial charge >= 0.3 is 0 Å². The quantitative estimate of drug-likeness (QED) is 0.774. The Morgan fingerprint density at radius 1 is 1.21 bits per heavy atom. The van der Waals surface area contributed by atoms with Crippen molar-refractivity contribution >= 4 is 16.8 Å². The van der Waals surface area contributed by atoms with Crippen LogP contribution in [-0.4, -0.2) is 22.1 Å². The number of carbonyl (C=O) groups is 1. The maximum atomic E-state index is 12.4. The Bertz CT molecular complexity index is 896. The molecule has 124 valence electrons. The highest BCUT2D eigenvalue weighted by molar-refractivity contribution is 5.95. The van der Waals surface area contributed by atoms with Crippen LogP contribution in [0.5, 0.6) is 0 Å². The number of hydrogen-bond acceptors (Lipinski definition) is 2. The number of nitrogens with zero attached hydrogens (tertiary/aromatic N) is 1. The molecule has 1 unspecified atom stereocenters. The van der Waals surface area contributed by atoms with Crippen molar-refractivity contribution in [2.24, 2.45) is 7.05 Å². The lowest BCUT2D eigenvalue weighted by atomic mass is 10.0. The number of aliphatic hydroxyl groups excluding tert-OH is 1. The fourth-order valence-electron chi connectivity index (χ4n) is 3.01. The number of carbonyl (C=O) groups excluding carboxylic acids is 1. The number of aryl methyl sites for hydroxylation is 3. The summed E-state index contributed by atoms with van der Waals surface area (Å²) in [5.41, 5.74) is 4.51. The fourth-order valence-corrected chi connectivity index (χ4v) is 3.01. The minimum Gasteiger partial charge on any atom is -0.386 e. The zero-order chi connectivity index (χ0) is 17.3. The van der Waals surface area contributed by atoms with Gasteiger partial charge in [0.15, 0.2) is 0 Å². The number of aliphatic hydroxyl groups is 1. The molecule has 0 aliphatic heterocycles. The molecular weight excluding hydrogens is 300 g/mol. The highest BCUT2D eigenvalue weighted by atomic mass is 16.3. The van der Waals surface area contributed by atoms with E-state index in [1.165, 1.54) is 0 Å². The average Bonchev–Trinajstić information content (AvgIpc) is 2.92. The van der Waals surface area contributed by atoms with Crippen molar-refractivity contribution in [2.75, 3.05) is 6.54 Å². The summed E-state index contributed by atoms with van der Waals surface area (Å²) < 4.78 is 1.99. The number of benzene rings is 2. The summed E-state index contributed by atoms with van der Waals surface area (Å²) >= 11 is 0. The third kappa shape index (κ3) is 3.05. The number of fused-ring (bicyclic) bond motifs is 1. The Labute approximate surface area is 141 Å². The monoisotopic (exact) mass is 322 g/mol. The van der Waals surface area contributed by atoms with Gasteiger partial charge in [-0.2, -0.15) is 0 Å². The minimum absolute atomic E-state index is 0.157. The van der Waals surface area contributed by atoms with E-state index in [0.717, 1.165) is 27.6 Å². The third-order valence-corrected chi connectivity index (χ3v) is 4.38. The van der Waals surface area contributed by atoms with Gasteiger partial charge in [0.1, 0.15) is 0 Å². The van der Waals surface area contributed by atoms with E-state index in [9.17, 15) is 9.90 Å². The van der Waals surface area contributed by atoms with Crippen molar-refractivity contribution in [1.82, 2.24) is 9.88 Å². The second kappa shape index (κ2) is 6.49. The summed E-state index contributed by atoms with van der Waals surface area (Å²) in [6, 6.07) is 13.7. The minimum atomic E-state index is -0.745. The SMILES string of the molecule is Cc1ccc(C)c(C(=O)NCC(O)c2cn(C)c3ccccc23)c1. The molecule has 0 saturated carbocycles. The van der Waals surface area contributed by atoms with Crippen LogP contribution in [0.4, 0.5) is 0 Å². The van der Waals surface area contributed by atoms with E-state index in [1.54, 1.807) is 0 Å². The maximum Gasteiger partial charge on any atom is 0.251 e. The van der Waals surface area contributed by atoms with Crippen LogP contribution < -0.4 is 5.32 Å². The molecule has 1 atom stereocenters. The van der Waals surface area contributed by atoms with E-state index in [4.69, 9.17) is 0 Å². The van der Waals surface area contributed by atoms with Gasteiger partial charge in [0.25, 0.3) is 5.91 Å². The second-order valence-electron chi connectivity index (χ2n) is 6.26. The number of rotatable bonds is 4. The molecule has 1 aromatic heterocycles. The van der Waals surface area contributed by atoms with E-state index >= 15 is 0 Å². The zero-order valence-electron chi connectivity index (χ0n) is 14.2. The molecule has 1 heterocycles. The Hall–Kier alpha value is -2.59. The van der Waals surface area contributed by atoms with Gasteiger partial charge in [-0.05, 0) is 31.5 Å². The fraction of sp³-hybridized carbons (Fsp3) is 0.250. The normalized spacial score (nSPS) is 12.3. The van der Waals surface area contributed by atoms with E-state index < -0.39 is 6.10 Å². The van der Waals surface area contributed by atoms with E-state index in [-0.39, 0.29) is 12.5 Å². The first-order valence-electron chi connectivity index (χ1n) is 8.05. The number of amides is 1. The molecule has 0 saturated heterocycles. The molecule has 2 N–H and O–H groups in total. The summed E-state index contributed by atoms with van der Waals surface area (Å²) in [6.07, 6.45) is 1.17. The summed E-state index contributed by atoms with van der Waals surface area (Å²) in [5.74, 6) is -0.157. The molecule has 0 radical (unpaired) electrons. The molecule has 0 spiro atoms. The molecule has 0 fully saturated rings. The number of nitrogens with one attached hydrogen (secondary N) is 1. The predicted octanol–water partition coefficient (Wildman–Crippen LogP) is 3.26. The van der Waals surface area contributed by atoms with Crippen molar-refractivity contribution in [3.05, 3.63) is 70.9 Å². The Morgan fingerprint density at radius 3 is 2.75 bits per heavy atom. The van der Waals surface area contributed by atoms with Gasteiger partial charge in [-0.15, -0.1) is 0 Å². The van der Waals surface area contributed by atoms with Crippen LogP contribution in [0.2, 0.25) is 0 Å². The molecular formula is C20H22N2O2. The van der Waals surface area contributed by atoms with Gasteiger partial charge in [0, 0.05) is 41.8 Å². The van der Waals surface area contributed by atoms with Crippen LogP contribution in [-0.2, 0) is 7.05 Å². The van der Waals surface area contributed by atoms with E-state index in [1.807, 2.05) is 74.1 Å². The topological polar surface area (TPSA) is 54.3 Å². The van der Waals surface area contributed by atoms with Crippen molar-refractivity contribution in [1.29, 1.82) is 0 Å². The lowest BCUT2D eigenvalue weighted by molar-refractivity contribution is 0.0916. The molecule has 0 aliphatic rings. The van der Waals surface area contributed by atoms with Crippen molar-refractivity contribution < 1.29 is 9.90 Å². The predicted molar refractivity (Wildman–Crippen MR) is 96.1 cm³/mol. The second-order valence-corrected chi connectivity index (χ2v) is 6.26. The Balaban J connectivity index is 1.76. The van der Waals surface area contributed by atoms with Gasteiger partial charge < -0.3 is 15.0 Å². The molecule has 4 nitrogen and oxygen atoms in total. The molecule has 2 aromatic carbocycles. The average molecular weight is 322 g/mol. The summed E-state index contributed by atoms with van der Waals surface area (Å²) in [5, 5.41) is 14.4. The first-order chi connectivity index (χ1) is 11.5. The molecule has 0 bridgehead atoms.